The molecule has 4 nitrogen and oxygen atoms in total. The SMILES string of the molecule is Cc1cccc2cc(-c3ccc(C(=O)O)o3)oc12. The molecule has 18 heavy (non-hydrogen) atoms. The summed E-state index contributed by atoms with van der Waals surface area (Å²) in [6.45, 7) is 1.96. The van der Waals surface area contributed by atoms with Crippen LogP contribution in [0.4, 0.5) is 0 Å². The third kappa shape index (κ3) is 1.59. The molecule has 0 atom stereocenters. The summed E-state index contributed by atoms with van der Waals surface area (Å²) in [5.74, 6) is -0.231. The first-order chi connectivity index (χ1) is 8.65. The van der Waals surface area contributed by atoms with Crippen LogP contribution in [0.25, 0.3) is 22.5 Å². The van der Waals surface area contributed by atoms with Crippen molar-refractivity contribution in [2.24, 2.45) is 0 Å². The van der Waals surface area contributed by atoms with Crippen LogP contribution in [0.1, 0.15) is 16.1 Å². The van der Waals surface area contributed by atoms with Crippen LogP contribution in [0.2, 0.25) is 0 Å². The Bertz CT molecular complexity index is 733. The third-order valence-electron chi connectivity index (χ3n) is 2.80. The van der Waals surface area contributed by atoms with Gasteiger partial charge >= 0.3 is 5.97 Å². The number of aromatic carboxylic acids is 1. The monoisotopic (exact) mass is 242 g/mol. The molecular formula is C14H10O4. The number of hydrogen-bond donors (Lipinski definition) is 1. The van der Waals surface area contributed by atoms with Crippen molar-refractivity contribution in [2.75, 3.05) is 0 Å². The summed E-state index contributed by atoms with van der Waals surface area (Å²) in [6.07, 6.45) is 0. The van der Waals surface area contributed by atoms with Gasteiger partial charge in [-0.3, -0.25) is 0 Å². The quantitative estimate of drug-likeness (QED) is 0.744. The van der Waals surface area contributed by atoms with Crippen LogP contribution in [0.5, 0.6) is 0 Å². The number of carbonyl (C=O) groups is 1. The summed E-state index contributed by atoms with van der Waals surface area (Å²) in [6, 6.07) is 10.7. The van der Waals surface area contributed by atoms with E-state index >= 15 is 0 Å². The maximum absolute atomic E-state index is 10.7. The van der Waals surface area contributed by atoms with E-state index in [1.165, 1.54) is 6.07 Å². The van der Waals surface area contributed by atoms with E-state index in [-0.39, 0.29) is 5.76 Å². The topological polar surface area (TPSA) is 63.6 Å². The minimum absolute atomic E-state index is 0.0952. The molecule has 0 aliphatic heterocycles. The summed E-state index contributed by atoms with van der Waals surface area (Å²) in [5, 5.41) is 9.78. The molecule has 0 saturated carbocycles. The summed E-state index contributed by atoms with van der Waals surface area (Å²) < 4.78 is 10.9. The van der Waals surface area contributed by atoms with Crippen LogP contribution in [-0.4, -0.2) is 11.1 Å². The van der Waals surface area contributed by atoms with Crippen molar-refractivity contribution in [3.8, 4) is 11.5 Å². The Kier molecular flexibility index (Phi) is 2.23. The van der Waals surface area contributed by atoms with E-state index in [0.29, 0.717) is 11.5 Å². The number of fused-ring (bicyclic) bond motifs is 1. The highest BCUT2D eigenvalue weighted by Gasteiger charge is 2.14. The Morgan fingerprint density at radius 3 is 2.61 bits per heavy atom. The van der Waals surface area contributed by atoms with Gasteiger partial charge in [-0.15, -0.1) is 0 Å². The molecule has 1 N–H and O–H groups in total. The highest BCUT2D eigenvalue weighted by atomic mass is 16.4. The molecule has 3 rings (SSSR count). The molecular weight excluding hydrogens is 232 g/mol. The third-order valence-corrected chi connectivity index (χ3v) is 2.80. The Hall–Kier alpha value is -2.49. The number of hydrogen-bond acceptors (Lipinski definition) is 3. The number of aryl methyl sites for hydroxylation is 1. The van der Waals surface area contributed by atoms with Gasteiger partial charge in [0.15, 0.2) is 11.5 Å². The van der Waals surface area contributed by atoms with E-state index in [0.717, 1.165) is 16.5 Å². The molecule has 0 bridgehead atoms. The summed E-state index contributed by atoms with van der Waals surface area (Å²) in [4.78, 5) is 10.7. The molecule has 0 radical (unpaired) electrons. The molecule has 0 fully saturated rings. The van der Waals surface area contributed by atoms with Gasteiger partial charge in [-0.25, -0.2) is 4.79 Å². The largest absolute Gasteiger partial charge is 0.475 e. The molecule has 1 aromatic carbocycles. The summed E-state index contributed by atoms with van der Waals surface area (Å²) in [5.41, 5.74) is 1.82. The van der Waals surface area contributed by atoms with Crippen molar-refractivity contribution in [3.05, 3.63) is 47.7 Å². The van der Waals surface area contributed by atoms with Gasteiger partial charge in [0.25, 0.3) is 0 Å². The molecule has 90 valence electrons. The minimum atomic E-state index is -1.09. The zero-order valence-electron chi connectivity index (χ0n) is 9.64. The molecule has 3 aromatic rings. The predicted octanol–water partition coefficient (Wildman–Crippen LogP) is 3.70. The number of benzene rings is 1. The molecule has 0 aliphatic rings. The zero-order valence-corrected chi connectivity index (χ0v) is 9.64. The lowest BCUT2D eigenvalue weighted by atomic mass is 10.2. The first kappa shape index (κ1) is 10.7. The van der Waals surface area contributed by atoms with Crippen molar-refractivity contribution in [1.29, 1.82) is 0 Å². The van der Waals surface area contributed by atoms with Crippen molar-refractivity contribution < 1.29 is 18.7 Å². The van der Waals surface area contributed by atoms with Crippen molar-refractivity contribution in [2.45, 2.75) is 6.92 Å². The molecule has 4 heteroatoms. The Labute approximate surface area is 102 Å². The van der Waals surface area contributed by atoms with E-state index in [2.05, 4.69) is 0 Å². The Morgan fingerprint density at radius 2 is 1.94 bits per heavy atom. The molecule has 2 heterocycles. The van der Waals surface area contributed by atoms with Gasteiger partial charge < -0.3 is 13.9 Å². The van der Waals surface area contributed by atoms with Crippen LogP contribution < -0.4 is 0 Å². The van der Waals surface area contributed by atoms with Gasteiger partial charge in [0.2, 0.25) is 5.76 Å². The number of carboxylic acid groups (broad SMARTS) is 1. The van der Waals surface area contributed by atoms with Crippen LogP contribution in [0.15, 0.2) is 45.2 Å². The van der Waals surface area contributed by atoms with Gasteiger partial charge in [-0.05, 0) is 30.7 Å². The molecule has 0 saturated heterocycles. The number of carboxylic acids is 1. The highest BCUT2D eigenvalue weighted by molar-refractivity contribution is 5.87. The Balaban J connectivity index is 2.13. The number of furan rings is 2. The Morgan fingerprint density at radius 1 is 1.11 bits per heavy atom. The van der Waals surface area contributed by atoms with Crippen LogP contribution in [0.3, 0.4) is 0 Å². The standard InChI is InChI=1S/C14H10O4/c1-8-3-2-4-9-7-12(18-13(8)9)10-5-6-11(17-10)14(15)16/h2-7H,1H3,(H,15,16). The second kappa shape index (κ2) is 3.77. The van der Waals surface area contributed by atoms with Gasteiger partial charge in [-0.1, -0.05) is 18.2 Å². The van der Waals surface area contributed by atoms with Crippen LogP contribution in [-0.2, 0) is 0 Å². The van der Waals surface area contributed by atoms with E-state index in [1.54, 1.807) is 6.07 Å². The summed E-state index contributed by atoms with van der Waals surface area (Å²) in [7, 11) is 0. The molecule has 0 spiro atoms. The van der Waals surface area contributed by atoms with Gasteiger partial charge in [-0.2, -0.15) is 0 Å². The average molecular weight is 242 g/mol. The first-order valence-electron chi connectivity index (χ1n) is 5.48. The second-order valence-electron chi connectivity index (χ2n) is 4.07. The van der Waals surface area contributed by atoms with E-state index in [1.807, 2.05) is 31.2 Å². The zero-order chi connectivity index (χ0) is 12.7. The predicted molar refractivity (Wildman–Crippen MR) is 65.6 cm³/mol. The molecule has 2 aromatic heterocycles. The lowest BCUT2D eigenvalue weighted by Crippen LogP contribution is -1.91. The van der Waals surface area contributed by atoms with Crippen molar-refractivity contribution in [1.82, 2.24) is 0 Å². The van der Waals surface area contributed by atoms with Crippen LogP contribution in [0, 0.1) is 6.92 Å². The fourth-order valence-electron chi connectivity index (χ4n) is 1.92. The lowest BCUT2D eigenvalue weighted by molar-refractivity contribution is 0.0663. The number of rotatable bonds is 2. The van der Waals surface area contributed by atoms with Crippen molar-refractivity contribution in [3.63, 3.8) is 0 Å². The van der Waals surface area contributed by atoms with E-state index in [9.17, 15) is 4.79 Å². The van der Waals surface area contributed by atoms with Crippen LogP contribution >= 0.6 is 0 Å². The maximum Gasteiger partial charge on any atom is 0.371 e. The molecule has 0 aliphatic carbocycles. The van der Waals surface area contributed by atoms with Crippen molar-refractivity contribution >= 4 is 16.9 Å². The van der Waals surface area contributed by atoms with Gasteiger partial charge in [0.05, 0.1) is 0 Å². The van der Waals surface area contributed by atoms with Gasteiger partial charge in [0, 0.05) is 5.39 Å². The second-order valence-corrected chi connectivity index (χ2v) is 4.07. The minimum Gasteiger partial charge on any atom is -0.475 e. The van der Waals surface area contributed by atoms with E-state index < -0.39 is 5.97 Å². The highest BCUT2D eigenvalue weighted by Crippen LogP contribution is 2.30. The average Bonchev–Trinajstić information content (AvgIpc) is 2.95. The number of para-hydroxylation sites is 1. The molecule has 0 unspecified atom stereocenters. The fourth-order valence-corrected chi connectivity index (χ4v) is 1.92. The maximum atomic E-state index is 10.7. The fraction of sp³-hybridized carbons (Fsp3) is 0.0714. The lowest BCUT2D eigenvalue weighted by Gasteiger charge is -1.92. The smallest absolute Gasteiger partial charge is 0.371 e. The van der Waals surface area contributed by atoms with E-state index in [4.69, 9.17) is 13.9 Å². The first-order valence-corrected chi connectivity index (χ1v) is 5.48. The summed E-state index contributed by atoms with van der Waals surface area (Å²) >= 11 is 0. The normalized spacial score (nSPS) is 10.9. The van der Waals surface area contributed by atoms with Gasteiger partial charge in [0.1, 0.15) is 5.58 Å². The molecule has 0 amide bonds.